The average molecular weight is 639 g/mol. The third-order valence-corrected chi connectivity index (χ3v) is 13.3. The number of rotatable bonds is 6. The summed E-state index contributed by atoms with van der Waals surface area (Å²) in [6, 6.07) is 9.05. The summed E-state index contributed by atoms with van der Waals surface area (Å²) in [5, 5.41) is 24.9. The summed E-state index contributed by atoms with van der Waals surface area (Å²) in [4.78, 5) is 1.25. The highest BCUT2D eigenvalue weighted by Gasteiger charge is 2.64. The molecule has 0 amide bonds. The quantitative estimate of drug-likeness (QED) is 0.246. The van der Waals surface area contributed by atoms with Gasteiger partial charge in [0, 0.05) is 41.1 Å². The number of aliphatic hydroxyl groups is 2. The first kappa shape index (κ1) is 32.4. The number of hydrogen-bond donors (Lipinski definition) is 2. The van der Waals surface area contributed by atoms with Crippen molar-refractivity contribution >= 4 is 11.8 Å². The molecule has 6 aliphatic rings. The van der Waals surface area contributed by atoms with E-state index in [1.54, 1.807) is 11.8 Å². The summed E-state index contributed by atoms with van der Waals surface area (Å²) in [5.74, 6) is 0.172. The molecule has 3 saturated carbocycles. The van der Waals surface area contributed by atoms with Crippen LogP contribution in [0.25, 0.3) is 0 Å². The Balaban J connectivity index is 1.20. The average Bonchev–Trinajstić information content (AvgIpc) is 3.30. The molecule has 1 aromatic rings. The molecule has 2 saturated heterocycles. The fourth-order valence-electron chi connectivity index (χ4n) is 9.95. The molecule has 1 unspecified atom stereocenters. The van der Waals surface area contributed by atoms with Gasteiger partial charge in [-0.05, 0) is 99.1 Å². The van der Waals surface area contributed by atoms with Crippen molar-refractivity contribution in [1.82, 2.24) is 0 Å². The summed E-state index contributed by atoms with van der Waals surface area (Å²) in [7, 11) is 0. The van der Waals surface area contributed by atoms with Crippen LogP contribution in [0, 0.1) is 22.7 Å². The van der Waals surface area contributed by atoms with E-state index in [9.17, 15) is 10.2 Å². The first-order valence-electron chi connectivity index (χ1n) is 17.5. The predicted molar refractivity (Wildman–Crippen MR) is 177 cm³/mol. The number of benzene rings is 1. The van der Waals surface area contributed by atoms with Crippen LogP contribution in [0.1, 0.15) is 103 Å². The second-order valence-electron chi connectivity index (χ2n) is 16.0. The van der Waals surface area contributed by atoms with Crippen LogP contribution in [0.5, 0.6) is 0 Å². The minimum Gasteiger partial charge on any atom is -0.385 e. The molecule has 1 spiro atoms. The van der Waals surface area contributed by atoms with E-state index < -0.39 is 17.0 Å². The highest BCUT2D eigenvalue weighted by atomic mass is 32.2. The Labute approximate surface area is 274 Å². The van der Waals surface area contributed by atoms with Gasteiger partial charge in [-0.25, -0.2) is 0 Å². The lowest BCUT2D eigenvalue weighted by molar-refractivity contribution is -0.322. The van der Waals surface area contributed by atoms with Crippen molar-refractivity contribution in [2.24, 2.45) is 22.7 Å². The SMILES string of the molecule is CSc1ccc([C@H]2C[C@@]3(C)[C@@H](CC[C@@]3(O)/C=C\COC3CCCCO3)[C@@H]3CC[C@@]4(O)CC5(CCC4=C32)OCC(C)(C)CO5)cc1. The van der Waals surface area contributed by atoms with Crippen LogP contribution < -0.4 is 0 Å². The molecular formula is C38H54O6S. The first-order valence-corrected chi connectivity index (χ1v) is 18.7. The Hall–Kier alpha value is -1.19. The summed E-state index contributed by atoms with van der Waals surface area (Å²) in [5.41, 5.74) is 1.90. The standard InChI is InChI=1S/C38H54O6S/c1-34(2)24-43-38(44-25-34)19-15-31-33-28(13-17-36(31,39)23-38)30-14-18-37(40,16-7-21-42-32-8-5-6-20-41-32)35(30,3)22-29(33)26-9-11-27(45-4)12-10-26/h7,9-12,16,28-30,32,39-40H,5-6,8,13-15,17-25H2,1-4H3/b16-7-/t28-,29+,30-,32?,35-,36+,37-/m0/s1. The number of hydrogen-bond acceptors (Lipinski definition) is 7. The normalized spacial score (nSPS) is 40.8. The zero-order chi connectivity index (χ0) is 31.5. The number of fused-ring (bicyclic) bond motifs is 4. The molecule has 2 N–H and O–H groups in total. The minimum absolute atomic E-state index is 0.00435. The van der Waals surface area contributed by atoms with Gasteiger partial charge in [0.05, 0.1) is 31.0 Å². The number of thioether (sulfide) groups is 1. The van der Waals surface area contributed by atoms with Gasteiger partial charge in [-0.2, -0.15) is 0 Å². The predicted octanol–water partition coefficient (Wildman–Crippen LogP) is 7.53. The van der Waals surface area contributed by atoms with Crippen molar-refractivity contribution in [3.8, 4) is 0 Å². The Morgan fingerprint density at radius 3 is 2.47 bits per heavy atom. The van der Waals surface area contributed by atoms with Crippen LogP contribution >= 0.6 is 11.8 Å². The monoisotopic (exact) mass is 638 g/mol. The second kappa shape index (κ2) is 12.0. The van der Waals surface area contributed by atoms with E-state index in [1.807, 2.05) is 6.08 Å². The van der Waals surface area contributed by atoms with Crippen molar-refractivity contribution in [2.45, 2.75) is 125 Å². The van der Waals surface area contributed by atoms with E-state index >= 15 is 0 Å². The van der Waals surface area contributed by atoms with Gasteiger partial charge < -0.3 is 29.2 Å². The van der Waals surface area contributed by atoms with Gasteiger partial charge in [0.15, 0.2) is 12.1 Å². The van der Waals surface area contributed by atoms with Crippen molar-refractivity contribution in [2.75, 3.05) is 32.7 Å². The zero-order valence-electron chi connectivity index (χ0n) is 27.8. The molecular weight excluding hydrogens is 584 g/mol. The molecule has 248 valence electrons. The molecule has 5 fully saturated rings. The molecule has 2 aliphatic heterocycles. The van der Waals surface area contributed by atoms with Gasteiger partial charge in [0.25, 0.3) is 0 Å². The van der Waals surface area contributed by atoms with Crippen LogP contribution in [-0.4, -0.2) is 66.2 Å². The minimum atomic E-state index is -0.913. The maximum Gasteiger partial charge on any atom is 0.171 e. The molecule has 4 aliphatic carbocycles. The lowest BCUT2D eigenvalue weighted by Crippen LogP contribution is -2.58. The molecule has 45 heavy (non-hydrogen) atoms. The molecule has 0 bridgehead atoms. The third kappa shape index (κ3) is 5.81. The fourth-order valence-corrected chi connectivity index (χ4v) is 10.4. The van der Waals surface area contributed by atoms with Crippen molar-refractivity contribution < 1.29 is 29.2 Å². The molecule has 2 heterocycles. The molecule has 0 aromatic heterocycles. The van der Waals surface area contributed by atoms with Crippen LogP contribution in [-0.2, 0) is 18.9 Å². The number of ether oxygens (including phenoxy) is 4. The summed E-state index contributed by atoms with van der Waals surface area (Å²) in [6.07, 6.45) is 15.6. The molecule has 0 radical (unpaired) electrons. The lowest BCUT2D eigenvalue weighted by atomic mass is 9.49. The molecule has 1 aromatic carbocycles. The third-order valence-electron chi connectivity index (χ3n) is 12.5. The van der Waals surface area contributed by atoms with Crippen molar-refractivity contribution in [3.63, 3.8) is 0 Å². The van der Waals surface area contributed by atoms with E-state index in [2.05, 4.69) is 57.4 Å². The zero-order valence-corrected chi connectivity index (χ0v) is 28.6. The van der Waals surface area contributed by atoms with Crippen LogP contribution in [0.15, 0.2) is 52.5 Å². The summed E-state index contributed by atoms with van der Waals surface area (Å²) < 4.78 is 24.6. The van der Waals surface area contributed by atoms with Gasteiger partial charge >= 0.3 is 0 Å². The van der Waals surface area contributed by atoms with Crippen LogP contribution in [0.3, 0.4) is 0 Å². The topological polar surface area (TPSA) is 77.4 Å². The largest absolute Gasteiger partial charge is 0.385 e. The number of allylic oxidation sites excluding steroid dienone is 1. The molecule has 6 nitrogen and oxygen atoms in total. The summed E-state index contributed by atoms with van der Waals surface area (Å²) in [6.45, 7) is 9.25. The van der Waals surface area contributed by atoms with Gasteiger partial charge in [0.2, 0.25) is 0 Å². The van der Waals surface area contributed by atoms with E-state index in [4.69, 9.17) is 18.9 Å². The van der Waals surface area contributed by atoms with Crippen molar-refractivity contribution in [3.05, 3.63) is 53.1 Å². The Bertz CT molecular complexity index is 1290. The van der Waals surface area contributed by atoms with Gasteiger partial charge in [-0.15, -0.1) is 11.8 Å². The summed E-state index contributed by atoms with van der Waals surface area (Å²) >= 11 is 1.76. The smallest absolute Gasteiger partial charge is 0.171 e. The maximum absolute atomic E-state index is 12.5. The molecule has 7 heteroatoms. The van der Waals surface area contributed by atoms with Crippen molar-refractivity contribution in [1.29, 1.82) is 0 Å². The Morgan fingerprint density at radius 2 is 1.76 bits per heavy atom. The first-order chi connectivity index (χ1) is 21.5. The van der Waals surface area contributed by atoms with Crippen LogP contribution in [0.4, 0.5) is 0 Å². The van der Waals surface area contributed by atoms with Gasteiger partial charge in [-0.3, -0.25) is 0 Å². The highest BCUT2D eigenvalue weighted by molar-refractivity contribution is 7.98. The highest BCUT2D eigenvalue weighted by Crippen LogP contribution is 2.68. The Morgan fingerprint density at radius 1 is 0.978 bits per heavy atom. The van der Waals surface area contributed by atoms with E-state index in [0.29, 0.717) is 38.1 Å². The second-order valence-corrected chi connectivity index (χ2v) is 16.9. The van der Waals surface area contributed by atoms with Crippen LogP contribution in [0.2, 0.25) is 0 Å². The maximum atomic E-state index is 12.5. The molecule has 7 rings (SSSR count). The molecule has 7 atom stereocenters. The van der Waals surface area contributed by atoms with E-state index in [0.717, 1.165) is 70.8 Å². The van der Waals surface area contributed by atoms with Gasteiger partial charge in [-0.1, -0.05) is 50.6 Å². The fraction of sp³-hybridized carbons (Fsp3) is 0.737. The Kier molecular flexibility index (Phi) is 8.66. The van der Waals surface area contributed by atoms with E-state index in [-0.39, 0.29) is 23.0 Å². The van der Waals surface area contributed by atoms with Gasteiger partial charge in [0.1, 0.15) is 0 Å². The lowest BCUT2D eigenvalue weighted by Gasteiger charge is -2.58. The van der Waals surface area contributed by atoms with E-state index in [1.165, 1.54) is 21.6 Å².